The fraction of sp³-hybridized carbons (Fsp3) is 0.292. The smallest absolute Gasteiger partial charge is 0.336 e. The van der Waals surface area contributed by atoms with Crippen LogP contribution in [0.2, 0.25) is 0 Å². The molecule has 2 aromatic carbocycles. The van der Waals surface area contributed by atoms with Gasteiger partial charge in [0.1, 0.15) is 0 Å². The Morgan fingerprint density at radius 2 is 1.63 bits per heavy atom. The number of carboxylic acid groups (broad SMARTS) is 1. The normalized spacial score (nSPS) is 10.9. The van der Waals surface area contributed by atoms with Crippen molar-refractivity contribution < 1.29 is 14.7 Å². The Kier molecular flexibility index (Phi) is 6.67. The van der Waals surface area contributed by atoms with E-state index in [9.17, 15) is 19.5 Å². The van der Waals surface area contributed by atoms with Gasteiger partial charge in [0.05, 0.1) is 12.1 Å². The van der Waals surface area contributed by atoms with Gasteiger partial charge < -0.3 is 5.11 Å². The van der Waals surface area contributed by atoms with Gasteiger partial charge in [-0.1, -0.05) is 62.7 Å². The van der Waals surface area contributed by atoms with Gasteiger partial charge in [0.25, 0.3) is 0 Å². The molecule has 6 heteroatoms. The van der Waals surface area contributed by atoms with Crippen molar-refractivity contribution in [3.63, 3.8) is 0 Å². The molecule has 30 heavy (non-hydrogen) atoms. The lowest BCUT2D eigenvalue weighted by Crippen LogP contribution is -2.29. The van der Waals surface area contributed by atoms with E-state index in [0.29, 0.717) is 18.4 Å². The van der Waals surface area contributed by atoms with E-state index in [2.05, 4.69) is 0 Å². The highest BCUT2D eigenvalue weighted by Crippen LogP contribution is 2.28. The lowest BCUT2D eigenvalue weighted by molar-refractivity contribution is 0.0697. The summed E-state index contributed by atoms with van der Waals surface area (Å²) in [5, 5.41) is 9.57. The predicted octanol–water partition coefficient (Wildman–Crippen LogP) is 4.46. The average molecular weight is 406 g/mol. The SMILES string of the molecule is CCCCC(=O)n1cc(CC)n(Cc2ccccc2-c2ccccc2C(=O)O)c1=O. The van der Waals surface area contributed by atoms with E-state index in [4.69, 9.17) is 0 Å². The Hall–Kier alpha value is -3.41. The van der Waals surface area contributed by atoms with Gasteiger partial charge in [-0.2, -0.15) is 0 Å². The first kappa shape index (κ1) is 21.3. The van der Waals surface area contributed by atoms with Gasteiger partial charge in [0, 0.05) is 18.3 Å². The third-order valence-electron chi connectivity index (χ3n) is 5.23. The summed E-state index contributed by atoms with van der Waals surface area (Å²) in [6.45, 7) is 4.21. The molecule has 3 aromatic rings. The fourth-order valence-electron chi connectivity index (χ4n) is 3.60. The third-order valence-corrected chi connectivity index (χ3v) is 5.23. The number of carbonyl (C=O) groups is 2. The van der Waals surface area contributed by atoms with Gasteiger partial charge in [-0.25, -0.2) is 14.2 Å². The molecule has 0 saturated heterocycles. The summed E-state index contributed by atoms with van der Waals surface area (Å²) in [5.41, 5.74) is 2.81. The van der Waals surface area contributed by atoms with Gasteiger partial charge >= 0.3 is 11.7 Å². The molecule has 6 nitrogen and oxygen atoms in total. The van der Waals surface area contributed by atoms with Crippen molar-refractivity contribution in [2.75, 3.05) is 0 Å². The molecule has 156 valence electrons. The minimum absolute atomic E-state index is 0.195. The number of aromatic carboxylic acids is 1. The molecule has 0 amide bonds. The molecule has 0 radical (unpaired) electrons. The van der Waals surface area contributed by atoms with Crippen molar-refractivity contribution in [3.8, 4) is 11.1 Å². The molecule has 1 aromatic heterocycles. The van der Waals surface area contributed by atoms with E-state index in [0.717, 1.165) is 29.7 Å². The molecule has 0 aliphatic rings. The van der Waals surface area contributed by atoms with Gasteiger partial charge in [0.2, 0.25) is 5.91 Å². The number of hydrogen-bond acceptors (Lipinski definition) is 3. The molecule has 0 unspecified atom stereocenters. The Labute approximate surface area is 175 Å². The number of nitrogens with zero attached hydrogens (tertiary/aromatic N) is 2. The highest BCUT2D eigenvalue weighted by molar-refractivity contribution is 5.96. The summed E-state index contributed by atoms with van der Waals surface area (Å²) in [7, 11) is 0. The summed E-state index contributed by atoms with van der Waals surface area (Å²) in [6, 6.07) is 14.3. The maximum Gasteiger partial charge on any atom is 0.336 e. The maximum atomic E-state index is 13.0. The molecule has 0 aliphatic carbocycles. The molecule has 0 spiro atoms. The van der Waals surface area contributed by atoms with E-state index in [1.807, 2.05) is 38.1 Å². The zero-order valence-corrected chi connectivity index (χ0v) is 17.3. The number of carboxylic acids is 1. The second-order valence-electron chi connectivity index (χ2n) is 7.22. The zero-order valence-electron chi connectivity index (χ0n) is 17.3. The van der Waals surface area contributed by atoms with Crippen LogP contribution in [0.4, 0.5) is 0 Å². The first-order valence-electron chi connectivity index (χ1n) is 10.2. The summed E-state index contributed by atoms with van der Waals surface area (Å²) >= 11 is 0. The third kappa shape index (κ3) is 4.27. The zero-order chi connectivity index (χ0) is 21.7. The lowest BCUT2D eigenvalue weighted by Gasteiger charge is -2.13. The number of unbranched alkanes of at least 4 members (excludes halogenated alkanes) is 1. The number of hydrogen-bond donors (Lipinski definition) is 1. The van der Waals surface area contributed by atoms with Gasteiger partial charge in [0.15, 0.2) is 0 Å². The minimum Gasteiger partial charge on any atom is -0.478 e. The highest BCUT2D eigenvalue weighted by atomic mass is 16.4. The molecule has 0 bridgehead atoms. The van der Waals surface area contributed by atoms with Crippen LogP contribution in [0.3, 0.4) is 0 Å². The number of imidazole rings is 1. The largest absolute Gasteiger partial charge is 0.478 e. The van der Waals surface area contributed by atoms with Crippen LogP contribution in [0.15, 0.2) is 59.5 Å². The van der Waals surface area contributed by atoms with Crippen LogP contribution in [-0.2, 0) is 13.0 Å². The fourth-order valence-corrected chi connectivity index (χ4v) is 3.60. The maximum absolute atomic E-state index is 13.0. The average Bonchev–Trinajstić information content (AvgIpc) is 3.08. The molecule has 0 fully saturated rings. The molecule has 0 aliphatic heterocycles. The van der Waals surface area contributed by atoms with Crippen molar-refractivity contribution in [1.29, 1.82) is 0 Å². The second kappa shape index (κ2) is 9.39. The van der Waals surface area contributed by atoms with E-state index in [1.165, 1.54) is 4.57 Å². The molecular formula is C24H26N2O4. The van der Waals surface area contributed by atoms with Crippen molar-refractivity contribution >= 4 is 11.9 Å². The van der Waals surface area contributed by atoms with Crippen LogP contribution in [0, 0.1) is 0 Å². The van der Waals surface area contributed by atoms with E-state index in [1.54, 1.807) is 35.0 Å². The lowest BCUT2D eigenvalue weighted by atomic mass is 9.95. The number of benzene rings is 2. The van der Waals surface area contributed by atoms with E-state index < -0.39 is 5.97 Å². The topological polar surface area (TPSA) is 81.3 Å². The van der Waals surface area contributed by atoms with Crippen molar-refractivity contribution in [3.05, 3.63) is 82.0 Å². The van der Waals surface area contributed by atoms with Crippen LogP contribution >= 0.6 is 0 Å². The standard InChI is InChI=1S/C24H26N2O4/c1-3-5-14-22(27)26-16-18(4-2)25(24(26)30)15-17-10-6-7-11-19(17)20-12-8-9-13-21(20)23(28)29/h6-13,16H,3-5,14-15H2,1-2H3,(H,28,29). The van der Waals surface area contributed by atoms with Crippen LogP contribution in [0.5, 0.6) is 0 Å². The second-order valence-corrected chi connectivity index (χ2v) is 7.22. The molecule has 1 N–H and O–H groups in total. The predicted molar refractivity (Wildman–Crippen MR) is 116 cm³/mol. The first-order valence-corrected chi connectivity index (χ1v) is 10.2. The summed E-state index contributed by atoms with van der Waals surface area (Å²) in [5.74, 6) is -1.20. The number of aromatic nitrogens is 2. The highest BCUT2D eigenvalue weighted by Gasteiger charge is 2.18. The molecule has 3 rings (SSSR count). The molecular weight excluding hydrogens is 380 g/mol. The van der Waals surface area contributed by atoms with Crippen LogP contribution in [0.25, 0.3) is 11.1 Å². The van der Waals surface area contributed by atoms with Crippen molar-refractivity contribution in [1.82, 2.24) is 9.13 Å². The van der Waals surface area contributed by atoms with Crippen LogP contribution in [-0.4, -0.2) is 26.1 Å². The minimum atomic E-state index is -1.00. The summed E-state index contributed by atoms with van der Waals surface area (Å²) in [4.78, 5) is 37.1. The number of rotatable bonds is 8. The number of carbonyl (C=O) groups excluding carboxylic acids is 1. The van der Waals surface area contributed by atoms with Crippen molar-refractivity contribution in [2.45, 2.75) is 46.1 Å². The molecule has 0 saturated carbocycles. The first-order chi connectivity index (χ1) is 14.5. The molecule has 0 atom stereocenters. The van der Waals surface area contributed by atoms with Crippen LogP contribution < -0.4 is 5.69 Å². The van der Waals surface area contributed by atoms with E-state index in [-0.39, 0.29) is 23.7 Å². The van der Waals surface area contributed by atoms with E-state index >= 15 is 0 Å². The Balaban J connectivity index is 2.05. The summed E-state index contributed by atoms with van der Waals surface area (Å²) in [6.07, 6.45) is 4.21. The summed E-state index contributed by atoms with van der Waals surface area (Å²) < 4.78 is 2.81. The monoisotopic (exact) mass is 406 g/mol. The van der Waals surface area contributed by atoms with Gasteiger partial charge in [-0.15, -0.1) is 0 Å². The van der Waals surface area contributed by atoms with Gasteiger partial charge in [-0.3, -0.25) is 9.36 Å². The van der Waals surface area contributed by atoms with Crippen molar-refractivity contribution in [2.24, 2.45) is 0 Å². The Morgan fingerprint density at radius 1 is 0.967 bits per heavy atom. The van der Waals surface area contributed by atoms with Gasteiger partial charge in [-0.05, 0) is 35.6 Å². The Morgan fingerprint density at radius 3 is 2.30 bits per heavy atom. The number of aryl methyl sites for hydroxylation is 1. The Bertz CT molecular complexity index is 1120. The quantitative estimate of drug-likeness (QED) is 0.599. The molecule has 1 heterocycles. The van der Waals surface area contributed by atoms with Crippen LogP contribution in [0.1, 0.15) is 59.5 Å².